The quantitative estimate of drug-likeness (QED) is 0.225. The lowest BCUT2D eigenvalue weighted by atomic mass is 10.0. The first-order valence-corrected chi connectivity index (χ1v) is 12.7. The summed E-state index contributed by atoms with van der Waals surface area (Å²) in [5.74, 6) is 1.85. The van der Waals surface area contributed by atoms with Crippen molar-refractivity contribution in [2.75, 3.05) is 17.7 Å². The first kappa shape index (κ1) is 24.9. The molecule has 0 aliphatic heterocycles. The van der Waals surface area contributed by atoms with Gasteiger partial charge in [-0.1, -0.05) is 42.5 Å². The van der Waals surface area contributed by atoms with Crippen molar-refractivity contribution < 1.29 is 9.84 Å². The van der Waals surface area contributed by atoms with Crippen LogP contribution in [0.5, 0.6) is 11.6 Å². The number of aromatic nitrogens is 5. The Bertz CT molecular complexity index is 1790. The molecule has 0 fully saturated rings. The lowest BCUT2D eigenvalue weighted by Crippen LogP contribution is -2.00. The minimum Gasteiger partial charge on any atom is -0.438 e. The van der Waals surface area contributed by atoms with Crippen LogP contribution in [0.25, 0.3) is 33.3 Å². The Morgan fingerprint density at radius 1 is 0.800 bits per heavy atom. The van der Waals surface area contributed by atoms with Crippen molar-refractivity contribution in [2.45, 2.75) is 6.42 Å². The summed E-state index contributed by atoms with van der Waals surface area (Å²) in [6, 6.07) is 29.0. The fraction of sp³-hybridized carbons (Fsp3) is 0.0645. The second kappa shape index (κ2) is 11.1. The van der Waals surface area contributed by atoms with Gasteiger partial charge in [-0.25, -0.2) is 15.0 Å². The number of ether oxygens (including phenoxy) is 1. The van der Waals surface area contributed by atoms with Gasteiger partial charge >= 0.3 is 0 Å². The second-order valence-corrected chi connectivity index (χ2v) is 9.02. The highest BCUT2D eigenvalue weighted by atomic mass is 16.5. The van der Waals surface area contributed by atoms with Crippen LogP contribution in [-0.4, -0.2) is 36.9 Å². The summed E-state index contributed by atoms with van der Waals surface area (Å²) in [5.41, 5.74) is 10.7. The molecule has 0 atom stereocenters. The Morgan fingerprint density at radius 3 is 2.48 bits per heavy atom. The summed E-state index contributed by atoms with van der Waals surface area (Å²) in [6.07, 6.45) is 3.85. The highest BCUT2D eigenvalue weighted by Crippen LogP contribution is 2.33. The number of hydrogen-bond acceptors (Lipinski definition) is 9. The maximum atomic E-state index is 9.33. The number of aliphatic hydroxyl groups is 1. The van der Waals surface area contributed by atoms with Gasteiger partial charge in [-0.15, -0.1) is 10.2 Å². The van der Waals surface area contributed by atoms with E-state index in [0.717, 1.165) is 33.3 Å². The van der Waals surface area contributed by atoms with Crippen LogP contribution in [0.15, 0.2) is 103 Å². The largest absolute Gasteiger partial charge is 0.438 e. The van der Waals surface area contributed by atoms with Crippen molar-refractivity contribution in [3.05, 3.63) is 109 Å². The number of nitrogens with zero attached hydrogens (tertiary/aromatic N) is 5. The zero-order chi connectivity index (χ0) is 27.3. The van der Waals surface area contributed by atoms with Gasteiger partial charge in [-0.05, 0) is 60.5 Å². The third kappa shape index (κ3) is 5.27. The van der Waals surface area contributed by atoms with Gasteiger partial charge < -0.3 is 20.9 Å². The van der Waals surface area contributed by atoms with Crippen LogP contribution in [0.3, 0.4) is 0 Å². The van der Waals surface area contributed by atoms with Crippen LogP contribution in [-0.2, 0) is 6.42 Å². The average Bonchev–Trinajstić information content (AvgIpc) is 2.99. The molecule has 3 aromatic carbocycles. The van der Waals surface area contributed by atoms with E-state index in [-0.39, 0.29) is 12.6 Å². The summed E-state index contributed by atoms with van der Waals surface area (Å²) < 4.78 is 6.09. The summed E-state index contributed by atoms with van der Waals surface area (Å²) in [4.78, 5) is 12.6. The monoisotopic (exact) mass is 527 g/mol. The predicted molar refractivity (Wildman–Crippen MR) is 155 cm³/mol. The minimum atomic E-state index is 0.0999. The molecule has 9 nitrogen and oxygen atoms in total. The van der Waals surface area contributed by atoms with E-state index < -0.39 is 0 Å². The number of anilines is 3. The Kier molecular flexibility index (Phi) is 6.93. The smallest absolute Gasteiger partial charge is 0.228 e. The molecule has 0 amide bonds. The molecule has 0 aliphatic carbocycles. The fourth-order valence-electron chi connectivity index (χ4n) is 4.46. The van der Waals surface area contributed by atoms with Crippen LogP contribution >= 0.6 is 0 Å². The molecule has 0 saturated heterocycles. The molecule has 3 heterocycles. The average molecular weight is 528 g/mol. The summed E-state index contributed by atoms with van der Waals surface area (Å²) in [6.45, 7) is 0.0999. The Balaban J connectivity index is 1.25. The molecular formula is C31H25N7O2. The van der Waals surface area contributed by atoms with Crippen molar-refractivity contribution in [3.8, 4) is 34.1 Å². The number of fused-ring (bicyclic) bond motifs is 1. The Morgan fingerprint density at radius 2 is 1.65 bits per heavy atom. The Hall–Kier alpha value is -5.41. The van der Waals surface area contributed by atoms with Crippen LogP contribution in [0.2, 0.25) is 0 Å². The molecule has 0 spiro atoms. The summed E-state index contributed by atoms with van der Waals surface area (Å²) >= 11 is 0. The molecule has 0 bridgehead atoms. The van der Waals surface area contributed by atoms with E-state index in [0.29, 0.717) is 35.1 Å². The number of pyridine rings is 1. The molecule has 0 unspecified atom stereocenters. The van der Waals surface area contributed by atoms with Crippen LogP contribution in [0, 0.1) is 0 Å². The lowest BCUT2D eigenvalue weighted by molar-refractivity contribution is 0.299. The molecule has 4 N–H and O–H groups in total. The summed E-state index contributed by atoms with van der Waals surface area (Å²) in [5, 5.41) is 23.7. The van der Waals surface area contributed by atoms with Crippen molar-refractivity contribution in [1.29, 1.82) is 0 Å². The van der Waals surface area contributed by atoms with Crippen molar-refractivity contribution in [1.82, 2.24) is 25.1 Å². The van der Waals surface area contributed by atoms with Gasteiger partial charge in [0.25, 0.3) is 0 Å². The van der Waals surface area contributed by atoms with Gasteiger partial charge in [-0.2, -0.15) is 0 Å². The minimum absolute atomic E-state index is 0.0999. The highest BCUT2D eigenvalue weighted by Gasteiger charge is 2.13. The molecule has 0 aliphatic rings. The molecule has 9 heteroatoms. The second-order valence-electron chi connectivity index (χ2n) is 9.02. The van der Waals surface area contributed by atoms with E-state index >= 15 is 0 Å². The van der Waals surface area contributed by atoms with E-state index in [2.05, 4.69) is 30.5 Å². The molecular weight excluding hydrogens is 502 g/mol. The zero-order valence-corrected chi connectivity index (χ0v) is 21.4. The number of nitrogens with one attached hydrogen (secondary N) is 1. The molecule has 0 saturated carbocycles. The number of rotatable bonds is 8. The number of benzene rings is 3. The molecule has 40 heavy (non-hydrogen) atoms. The number of nitrogens with two attached hydrogens (primary N) is 1. The van der Waals surface area contributed by atoms with Gasteiger partial charge in [0, 0.05) is 41.0 Å². The number of hydrogen-bond donors (Lipinski definition) is 3. The third-order valence-electron chi connectivity index (χ3n) is 6.34. The van der Waals surface area contributed by atoms with E-state index in [1.807, 2.05) is 84.9 Å². The molecule has 6 aromatic rings. The number of nitrogen functional groups attached to an aromatic ring is 1. The normalized spacial score (nSPS) is 10.9. The van der Waals surface area contributed by atoms with E-state index in [4.69, 9.17) is 10.5 Å². The van der Waals surface area contributed by atoms with Gasteiger partial charge in [-0.3, -0.25) is 0 Å². The lowest BCUT2D eigenvalue weighted by Gasteiger charge is -2.13. The van der Waals surface area contributed by atoms with Crippen molar-refractivity contribution >= 4 is 28.2 Å². The fourth-order valence-corrected chi connectivity index (χ4v) is 4.46. The maximum Gasteiger partial charge on any atom is 0.228 e. The molecule has 6 rings (SSSR count). The summed E-state index contributed by atoms with van der Waals surface area (Å²) in [7, 11) is 0. The zero-order valence-electron chi connectivity index (χ0n) is 21.4. The van der Waals surface area contributed by atoms with Gasteiger partial charge in [0.15, 0.2) is 5.82 Å². The van der Waals surface area contributed by atoms with Crippen LogP contribution in [0.1, 0.15) is 5.56 Å². The highest BCUT2D eigenvalue weighted by molar-refractivity contribution is 6.00. The first-order chi connectivity index (χ1) is 19.7. The van der Waals surface area contributed by atoms with Gasteiger partial charge in [0.05, 0.1) is 11.3 Å². The topological polar surface area (TPSA) is 132 Å². The standard InChI is InChI=1S/C31H25N7O2/c32-31-34-17-14-27(36-31)26-9-4-16-33-30(26)40-23-12-10-22(11-13-23)35-29-25-8-2-1-7-24(25)28(37-38-29)21-6-3-5-20(19-21)15-18-39/h1-14,16-17,19,39H,15,18H2,(H,35,38)(H2,32,34,36). The Labute approximate surface area is 230 Å². The first-order valence-electron chi connectivity index (χ1n) is 12.7. The van der Waals surface area contributed by atoms with Crippen LogP contribution < -0.4 is 15.8 Å². The third-order valence-corrected chi connectivity index (χ3v) is 6.34. The van der Waals surface area contributed by atoms with Crippen molar-refractivity contribution in [2.24, 2.45) is 0 Å². The van der Waals surface area contributed by atoms with E-state index in [9.17, 15) is 5.11 Å². The molecule has 196 valence electrons. The van der Waals surface area contributed by atoms with E-state index in [1.54, 1.807) is 18.5 Å². The van der Waals surface area contributed by atoms with Gasteiger partial charge in [0.1, 0.15) is 11.4 Å². The van der Waals surface area contributed by atoms with Crippen molar-refractivity contribution in [3.63, 3.8) is 0 Å². The maximum absolute atomic E-state index is 9.33. The molecule has 0 radical (unpaired) electrons. The van der Waals surface area contributed by atoms with Gasteiger partial charge in [0.2, 0.25) is 11.8 Å². The predicted octanol–water partition coefficient (Wildman–Crippen LogP) is 5.80. The van der Waals surface area contributed by atoms with E-state index in [1.165, 1.54) is 0 Å². The van der Waals surface area contributed by atoms with Crippen LogP contribution in [0.4, 0.5) is 17.5 Å². The molecule has 3 aromatic heterocycles. The SMILES string of the molecule is Nc1nccc(-c2cccnc2Oc2ccc(Nc3nnc(-c4cccc(CCO)c4)c4ccccc34)cc2)n1. The number of aliphatic hydroxyl groups excluding tert-OH is 1.